The number of aliphatic hydroxyl groups excluding tert-OH is 1. The third-order valence-electron chi connectivity index (χ3n) is 4.92. The third kappa shape index (κ3) is 3.72. The van der Waals surface area contributed by atoms with Crippen molar-refractivity contribution in [1.82, 2.24) is 24.0 Å². The molecule has 29 heavy (non-hydrogen) atoms. The molecule has 150 valence electrons. The van der Waals surface area contributed by atoms with Crippen LogP contribution in [0.3, 0.4) is 0 Å². The first kappa shape index (κ1) is 18.8. The normalized spacial score (nSPS) is 12.2. The predicted molar refractivity (Wildman–Crippen MR) is 108 cm³/mol. The molecule has 9 heteroatoms. The number of aryl methyl sites for hydroxylation is 2. The quantitative estimate of drug-likeness (QED) is 0.491. The van der Waals surface area contributed by atoms with Gasteiger partial charge in [-0.3, -0.25) is 9.13 Å². The molecule has 0 aliphatic rings. The van der Waals surface area contributed by atoms with Crippen LogP contribution in [0.5, 0.6) is 5.75 Å². The van der Waals surface area contributed by atoms with Crippen molar-refractivity contribution in [2.45, 2.75) is 12.6 Å². The van der Waals surface area contributed by atoms with Crippen molar-refractivity contribution in [3.05, 3.63) is 76.7 Å². The monoisotopic (exact) mass is 394 g/mol. The van der Waals surface area contributed by atoms with Crippen LogP contribution in [0.4, 0.5) is 0 Å². The predicted octanol–water partition coefficient (Wildman–Crippen LogP) is 1.32. The van der Waals surface area contributed by atoms with Crippen LogP contribution in [0.2, 0.25) is 0 Å². The van der Waals surface area contributed by atoms with Gasteiger partial charge in [0.05, 0.1) is 17.6 Å². The molecule has 0 aliphatic heterocycles. The Balaban J connectivity index is 1.47. The molecule has 0 bridgehead atoms. The van der Waals surface area contributed by atoms with Crippen molar-refractivity contribution < 1.29 is 9.84 Å². The minimum Gasteiger partial charge on any atom is -0.490 e. The van der Waals surface area contributed by atoms with E-state index in [0.29, 0.717) is 17.9 Å². The molecule has 0 saturated heterocycles. The number of hydrogen-bond donors (Lipinski definition) is 2. The minimum atomic E-state index is -0.825. The summed E-state index contributed by atoms with van der Waals surface area (Å²) in [6.45, 7) is 0.609. The number of nitrogens with zero attached hydrogens (tertiary/aromatic N) is 5. The minimum absolute atomic E-state index is 0.0932. The van der Waals surface area contributed by atoms with E-state index in [1.54, 1.807) is 40.6 Å². The Morgan fingerprint density at radius 1 is 1.07 bits per heavy atom. The van der Waals surface area contributed by atoms with Gasteiger partial charge in [0.15, 0.2) is 0 Å². The van der Waals surface area contributed by atoms with Crippen LogP contribution in [0, 0.1) is 0 Å². The van der Waals surface area contributed by atoms with Gasteiger partial charge >= 0.3 is 5.69 Å². The Morgan fingerprint density at radius 3 is 2.59 bits per heavy atom. The van der Waals surface area contributed by atoms with E-state index in [1.165, 1.54) is 0 Å². The van der Waals surface area contributed by atoms with Gasteiger partial charge in [-0.2, -0.15) is 0 Å². The lowest BCUT2D eigenvalue weighted by Crippen LogP contribution is -2.19. The summed E-state index contributed by atoms with van der Waals surface area (Å²) >= 11 is 0. The molecule has 2 aromatic heterocycles. The number of aromatic nitrogens is 5. The molecule has 2 heterocycles. The summed E-state index contributed by atoms with van der Waals surface area (Å²) in [7, 11) is 3.45. The Morgan fingerprint density at radius 2 is 1.79 bits per heavy atom. The van der Waals surface area contributed by atoms with Crippen molar-refractivity contribution in [2.24, 2.45) is 14.1 Å². The summed E-state index contributed by atoms with van der Waals surface area (Å²) in [5.74, 6) is 0.681. The van der Waals surface area contributed by atoms with Gasteiger partial charge < -0.3 is 15.3 Å². The average molecular weight is 394 g/mol. The summed E-state index contributed by atoms with van der Waals surface area (Å²) in [6.07, 6.45) is 2.31. The Labute approximate surface area is 166 Å². The molecule has 0 radical (unpaired) electrons. The molecule has 4 aromatic rings. The molecule has 2 aromatic carbocycles. The zero-order chi connectivity index (χ0) is 20.4. The molecule has 9 nitrogen and oxygen atoms in total. The van der Waals surface area contributed by atoms with E-state index >= 15 is 0 Å². The van der Waals surface area contributed by atoms with Gasteiger partial charge in [-0.25, -0.2) is 9.47 Å². The van der Waals surface area contributed by atoms with Crippen molar-refractivity contribution in [2.75, 3.05) is 12.0 Å². The molecule has 0 spiro atoms. The van der Waals surface area contributed by atoms with Crippen molar-refractivity contribution in [1.29, 1.82) is 0 Å². The van der Waals surface area contributed by atoms with Gasteiger partial charge in [0.25, 0.3) is 0 Å². The van der Waals surface area contributed by atoms with E-state index in [4.69, 9.17) is 4.74 Å². The zero-order valence-electron chi connectivity index (χ0n) is 16.2. The van der Waals surface area contributed by atoms with Crippen molar-refractivity contribution in [3.8, 4) is 5.75 Å². The van der Waals surface area contributed by atoms with Crippen LogP contribution in [-0.2, 0) is 20.6 Å². The molecular formula is C20H22N6O3. The fraction of sp³-hybridized carbons (Fsp3) is 0.250. The number of benzene rings is 2. The number of nitrogens with one attached hydrogen (secondary N) is 1. The fourth-order valence-electron chi connectivity index (χ4n) is 3.25. The summed E-state index contributed by atoms with van der Waals surface area (Å²) in [4.78, 5) is 12.1. The lowest BCUT2D eigenvalue weighted by atomic mass is 10.1. The van der Waals surface area contributed by atoms with E-state index in [9.17, 15) is 9.90 Å². The van der Waals surface area contributed by atoms with E-state index < -0.39 is 6.10 Å². The summed E-state index contributed by atoms with van der Waals surface area (Å²) in [5, 5.41) is 18.1. The van der Waals surface area contributed by atoms with E-state index in [0.717, 1.165) is 16.6 Å². The van der Waals surface area contributed by atoms with Gasteiger partial charge in [0, 0.05) is 19.7 Å². The third-order valence-corrected chi connectivity index (χ3v) is 4.92. The summed E-state index contributed by atoms with van der Waals surface area (Å²) in [5.41, 5.74) is 6.27. The molecular weight excluding hydrogens is 372 g/mol. The lowest BCUT2D eigenvalue weighted by Gasteiger charge is -2.16. The largest absolute Gasteiger partial charge is 0.490 e. The Kier molecular flexibility index (Phi) is 5.05. The number of aliphatic hydroxyl groups is 1. The number of ether oxygens (including phenoxy) is 1. The van der Waals surface area contributed by atoms with Gasteiger partial charge in [0.1, 0.15) is 31.1 Å². The molecule has 0 saturated carbocycles. The van der Waals surface area contributed by atoms with E-state index in [-0.39, 0.29) is 12.3 Å². The van der Waals surface area contributed by atoms with Crippen LogP contribution in [0.15, 0.2) is 59.9 Å². The van der Waals surface area contributed by atoms with Gasteiger partial charge in [-0.15, -0.1) is 10.2 Å². The second-order valence-corrected chi connectivity index (χ2v) is 6.79. The number of imidazole rings is 1. The maximum Gasteiger partial charge on any atom is 0.328 e. The summed E-state index contributed by atoms with van der Waals surface area (Å²) < 4.78 is 10.7. The average Bonchev–Trinajstić information content (AvgIpc) is 3.34. The molecule has 1 atom stereocenters. The van der Waals surface area contributed by atoms with Crippen molar-refractivity contribution >= 4 is 11.0 Å². The highest BCUT2D eigenvalue weighted by Crippen LogP contribution is 2.23. The molecule has 2 N–H and O–H groups in total. The molecule has 1 unspecified atom stereocenters. The summed E-state index contributed by atoms with van der Waals surface area (Å²) in [6, 6.07) is 13.1. The first-order chi connectivity index (χ1) is 14.0. The van der Waals surface area contributed by atoms with Gasteiger partial charge in [-0.1, -0.05) is 24.3 Å². The first-order valence-electron chi connectivity index (χ1n) is 9.17. The van der Waals surface area contributed by atoms with E-state index in [2.05, 4.69) is 15.6 Å². The van der Waals surface area contributed by atoms with Crippen LogP contribution >= 0.6 is 0 Å². The van der Waals surface area contributed by atoms with Crippen LogP contribution in [-0.4, -0.2) is 35.7 Å². The highest BCUT2D eigenvalue weighted by atomic mass is 16.5. The highest BCUT2D eigenvalue weighted by molar-refractivity contribution is 5.76. The second kappa shape index (κ2) is 7.80. The number of fused-ring (bicyclic) bond motifs is 1. The molecule has 0 amide bonds. The smallest absolute Gasteiger partial charge is 0.328 e. The van der Waals surface area contributed by atoms with Gasteiger partial charge in [0.2, 0.25) is 0 Å². The van der Waals surface area contributed by atoms with Crippen LogP contribution < -0.4 is 15.9 Å². The SMILES string of the molecule is Cn1c(=O)n(C)c2cc(C(O)COc3ccccc3CNn3cnnc3)ccc21. The number of rotatable bonds is 7. The van der Waals surface area contributed by atoms with Gasteiger partial charge in [-0.05, 0) is 23.8 Å². The maximum atomic E-state index is 12.1. The molecule has 0 fully saturated rings. The Bertz CT molecular complexity index is 1180. The maximum absolute atomic E-state index is 12.1. The van der Waals surface area contributed by atoms with Crippen LogP contribution in [0.25, 0.3) is 11.0 Å². The molecule has 0 aliphatic carbocycles. The topological polar surface area (TPSA) is 99.1 Å². The fourth-order valence-corrected chi connectivity index (χ4v) is 3.25. The standard InChI is InChI=1S/C20H22N6O3/c1-24-16-8-7-14(9-17(16)25(2)20(24)28)18(27)11-29-19-6-4-3-5-15(19)10-23-26-12-21-22-13-26/h3-9,12-13,18,23,27H,10-11H2,1-2H3. The second-order valence-electron chi connectivity index (χ2n) is 6.79. The number of para-hydroxylation sites is 1. The lowest BCUT2D eigenvalue weighted by molar-refractivity contribution is 0.108. The van der Waals surface area contributed by atoms with Crippen molar-refractivity contribution in [3.63, 3.8) is 0 Å². The Hall–Kier alpha value is -3.59. The highest BCUT2D eigenvalue weighted by Gasteiger charge is 2.14. The molecule has 4 rings (SSSR count). The van der Waals surface area contributed by atoms with Crippen LogP contribution in [0.1, 0.15) is 17.2 Å². The number of hydrogen-bond acceptors (Lipinski definition) is 6. The first-order valence-corrected chi connectivity index (χ1v) is 9.17. The van der Waals surface area contributed by atoms with E-state index in [1.807, 2.05) is 42.5 Å². The zero-order valence-corrected chi connectivity index (χ0v) is 16.2.